The number of carbonyl (C=O) groups is 1. The van der Waals surface area contributed by atoms with Gasteiger partial charge in [-0.3, -0.25) is 4.79 Å². The maximum atomic E-state index is 12.1. The van der Waals surface area contributed by atoms with Crippen LogP contribution in [0.1, 0.15) is 15.4 Å². The summed E-state index contributed by atoms with van der Waals surface area (Å²) in [4.78, 5) is 12.5. The molecule has 0 unspecified atom stereocenters. The highest BCUT2D eigenvalue weighted by atomic mass is 35.5. The number of halogens is 1. The van der Waals surface area contributed by atoms with Gasteiger partial charge in [-0.05, 0) is 42.7 Å². The van der Waals surface area contributed by atoms with Crippen LogP contribution in [-0.2, 0) is 0 Å². The van der Waals surface area contributed by atoms with Crippen LogP contribution in [0.25, 0.3) is 5.69 Å². The van der Waals surface area contributed by atoms with E-state index in [9.17, 15) is 4.79 Å². The number of amides is 1. The van der Waals surface area contributed by atoms with E-state index in [-0.39, 0.29) is 5.91 Å². The molecule has 3 rings (SSSR count). The van der Waals surface area contributed by atoms with Crippen LogP contribution in [0.4, 0.5) is 5.69 Å². The molecule has 0 radical (unpaired) electrons. The van der Waals surface area contributed by atoms with Gasteiger partial charge in [0.1, 0.15) is 4.88 Å². The molecular formula is C13H10ClN5OS. The Hall–Kier alpha value is -2.25. The first-order valence-corrected chi connectivity index (χ1v) is 7.19. The van der Waals surface area contributed by atoms with Gasteiger partial charge in [-0.2, -0.15) is 5.10 Å². The van der Waals surface area contributed by atoms with Crippen molar-refractivity contribution in [2.24, 2.45) is 0 Å². The quantitative estimate of drug-likeness (QED) is 0.805. The zero-order chi connectivity index (χ0) is 14.8. The van der Waals surface area contributed by atoms with Crippen molar-refractivity contribution in [3.8, 4) is 5.69 Å². The van der Waals surface area contributed by atoms with E-state index in [0.717, 1.165) is 17.2 Å². The molecule has 0 saturated carbocycles. The number of carbonyl (C=O) groups excluding carboxylic acids is 1. The number of hydrogen-bond acceptors (Lipinski definition) is 5. The molecule has 0 saturated heterocycles. The Morgan fingerprint density at radius 2 is 2.10 bits per heavy atom. The van der Waals surface area contributed by atoms with Gasteiger partial charge in [0.15, 0.2) is 0 Å². The molecule has 2 heterocycles. The zero-order valence-electron chi connectivity index (χ0n) is 10.9. The number of rotatable bonds is 3. The smallest absolute Gasteiger partial charge is 0.269 e. The van der Waals surface area contributed by atoms with Crippen LogP contribution in [0.15, 0.2) is 36.7 Å². The number of hydrogen-bond donors (Lipinski definition) is 1. The van der Waals surface area contributed by atoms with Crippen LogP contribution in [0, 0.1) is 6.92 Å². The predicted octanol–water partition coefficient (Wildman–Crippen LogP) is 2.94. The normalized spacial score (nSPS) is 10.6. The molecule has 3 aromatic rings. The lowest BCUT2D eigenvalue weighted by atomic mass is 10.3. The Balaban J connectivity index is 1.78. The van der Waals surface area contributed by atoms with Crippen molar-refractivity contribution in [1.82, 2.24) is 19.4 Å². The molecule has 0 aliphatic heterocycles. The van der Waals surface area contributed by atoms with Gasteiger partial charge < -0.3 is 5.32 Å². The number of nitrogens with zero attached hydrogens (tertiary/aromatic N) is 4. The van der Waals surface area contributed by atoms with Crippen LogP contribution in [0.2, 0.25) is 5.02 Å². The first kappa shape index (κ1) is 13.7. The molecular weight excluding hydrogens is 310 g/mol. The molecule has 0 aliphatic carbocycles. The highest BCUT2D eigenvalue weighted by molar-refractivity contribution is 7.08. The van der Waals surface area contributed by atoms with E-state index in [1.807, 2.05) is 12.1 Å². The summed E-state index contributed by atoms with van der Waals surface area (Å²) in [5.41, 5.74) is 2.07. The van der Waals surface area contributed by atoms with Crippen molar-refractivity contribution < 1.29 is 4.79 Å². The minimum atomic E-state index is -0.238. The van der Waals surface area contributed by atoms with Gasteiger partial charge in [-0.25, -0.2) is 4.68 Å². The van der Waals surface area contributed by atoms with Crippen LogP contribution in [-0.4, -0.2) is 25.3 Å². The molecule has 0 bridgehead atoms. The van der Waals surface area contributed by atoms with Crippen molar-refractivity contribution in [2.75, 3.05) is 5.32 Å². The molecule has 0 fully saturated rings. The fourth-order valence-corrected chi connectivity index (χ4v) is 2.43. The van der Waals surface area contributed by atoms with Gasteiger partial charge in [0.2, 0.25) is 0 Å². The Morgan fingerprint density at radius 3 is 2.76 bits per heavy atom. The van der Waals surface area contributed by atoms with Crippen molar-refractivity contribution >= 4 is 34.7 Å². The zero-order valence-corrected chi connectivity index (χ0v) is 12.5. The second-order valence-electron chi connectivity index (χ2n) is 4.29. The molecule has 0 spiro atoms. The summed E-state index contributed by atoms with van der Waals surface area (Å²) in [5, 5.41) is 11.4. The molecule has 1 N–H and O–H groups in total. The van der Waals surface area contributed by atoms with Crippen LogP contribution in [0.5, 0.6) is 0 Å². The topological polar surface area (TPSA) is 72.7 Å². The summed E-state index contributed by atoms with van der Waals surface area (Å²) < 4.78 is 5.40. The van der Waals surface area contributed by atoms with E-state index >= 15 is 0 Å². The molecule has 106 valence electrons. The Morgan fingerprint density at radius 1 is 1.33 bits per heavy atom. The van der Waals surface area contributed by atoms with Crippen LogP contribution < -0.4 is 5.32 Å². The van der Waals surface area contributed by atoms with E-state index in [2.05, 4.69) is 20.0 Å². The molecule has 6 nitrogen and oxygen atoms in total. The molecule has 2 aromatic heterocycles. The summed E-state index contributed by atoms with van der Waals surface area (Å²) in [6.07, 6.45) is 3.31. The van der Waals surface area contributed by atoms with Crippen molar-refractivity contribution in [3.63, 3.8) is 0 Å². The lowest BCUT2D eigenvalue weighted by Gasteiger charge is -2.01. The van der Waals surface area contributed by atoms with Gasteiger partial charge >= 0.3 is 0 Å². The second kappa shape index (κ2) is 5.63. The Kier molecular flexibility index (Phi) is 3.68. The third-order valence-electron chi connectivity index (χ3n) is 2.79. The van der Waals surface area contributed by atoms with Gasteiger partial charge in [0.05, 0.1) is 29.5 Å². The fraction of sp³-hybridized carbons (Fsp3) is 0.0769. The maximum absolute atomic E-state index is 12.1. The maximum Gasteiger partial charge on any atom is 0.269 e. The number of benzene rings is 1. The standard InChI is InChI=1S/C13H10ClN5OS/c1-8-12(21-18-17-8)13(20)16-10-6-15-19(7-10)11-4-2-9(14)3-5-11/h2-7H,1H3,(H,16,20). The van der Waals surface area contributed by atoms with Crippen molar-refractivity contribution in [2.45, 2.75) is 6.92 Å². The van der Waals surface area contributed by atoms with E-state index < -0.39 is 0 Å². The third-order valence-corrected chi connectivity index (χ3v) is 3.87. The summed E-state index contributed by atoms with van der Waals surface area (Å²) in [7, 11) is 0. The second-order valence-corrected chi connectivity index (χ2v) is 5.48. The monoisotopic (exact) mass is 319 g/mol. The number of nitrogens with one attached hydrogen (secondary N) is 1. The Bertz CT molecular complexity index is 780. The SMILES string of the molecule is Cc1nnsc1C(=O)Nc1cnn(-c2ccc(Cl)cc2)c1. The number of anilines is 1. The van der Waals surface area contributed by atoms with Crippen molar-refractivity contribution in [1.29, 1.82) is 0 Å². The molecule has 1 aromatic carbocycles. The first-order valence-electron chi connectivity index (χ1n) is 6.04. The predicted molar refractivity (Wildman–Crippen MR) is 81.2 cm³/mol. The Labute approximate surface area is 129 Å². The van der Waals surface area contributed by atoms with E-state index in [1.165, 1.54) is 0 Å². The molecule has 21 heavy (non-hydrogen) atoms. The van der Waals surface area contributed by atoms with E-state index in [4.69, 9.17) is 11.6 Å². The lowest BCUT2D eigenvalue weighted by Crippen LogP contribution is -2.11. The summed E-state index contributed by atoms with van der Waals surface area (Å²) in [6, 6.07) is 7.25. The fourth-order valence-electron chi connectivity index (χ4n) is 1.75. The molecule has 0 atom stereocenters. The largest absolute Gasteiger partial charge is 0.318 e. The average molecular weight is 320 g/mol. The summed E-state index contributed by atoms with van der Waals surface area (Å²) >= 11 is 6.91. The molecule has 8 heteroatoms. The van der Waals surface area contributed by atoms with E-state index in [0.29, 0.717) is 21.3 Å². The average Bonchev–Trinajstić information content (AvgIpc) is 3.09. The number of aromatic nitrogens is 4. The van der Waals surface area contributed by atoms with Gasteiger partial charge in [0.25, 0.3) is 5.91 Å². The molecule has 1 amide bonds. The first-order chi connectivity index (χ1) is 10.1. The van der Waals surface area contributed by atoms with Crippen molar-refractivity contribution in [3.05, 3.63) is 52.3 Å². The van der Waals surface area contributed by atoms with E-state index in [1.54, 1.807) is 36.1 Å². The minimum Gasteiger partial charge on any atom is -0.318 e. The lowest BCUT2D eigenvalue weighted by molar-refractivity contribution is 0.103. The van der Waals surface area contributed by atoms with Gasteiger partial charge in [-0.1, -0.05) is 16.1 Å². The van der Waals surface area contributed by atoms with Crippen LogP contribution >= 0.6 is 23.1 Å². The summed E-state index contributed by atoms with van der Waals surface area (Å²) in [5.74, 6) is -0.238. The number of aryl methyl sites for hydroxylation is 1. The van der Waals surface area contributed by atoms with Crippen LogP contribution in [0.3, 0.4) is 0 Å². The molecule has 0 aliphatic rings. The highest BCUT2D eigenvalue weighted by Gasteiger charge is 2.14. The summed E-state index contributed by atoms with van der Waals surface area (Å²) in [6.45, 7) is 1.75. The minimum absolute atomic E-state index is 0.238. The van der Waals surface area contributed by atoms with Gasteiger partial charge in [0, 0.05) is 5.02 Å². The third kappa shape index (κ3) is 2.93. The highest BCUT2D eigenvalue weighted by Crippen LogP contribution is 2.17. The van der Waals surface area contributed by atoms with Gasteiger partial charge in [-0.15, -0.1) is 5.10 Å².